The number of halogens is 5. The van der Waals surface area contributed by atoms with E-state index < -0.39 is 24.6 Å². The number of hydrogen-bond acceptors (Lipinski definition) is 2. The fourth-order valence-corrected chi connectivity index (χ4v) is 1.73. The second-order valence-corrected chi connectivity index (χ2v) is 5.40. The van der Waals surface area contributed by atoms with Crippen molar-refractivity contribution in [3.63, 3.8) is 0 Å². The number of ether oxygens (including phenoxy) is 2. The molecule has 0 saturated heterocycles. The molecule has 1 rings (SSSR count). The van der Waals surface area contributed by atoms with Crippen molar-refractivity contribution in [2.75, 3.05) is 13.7 Å². The molecule has 1 aromatic carbocycles. The van der Waals surface area contributed by atoms with E-state index in [0.717, 1.165) is 7.11 Å². The Bertz CT molecular complexity index is 454. The molecule has 7 heteroatoms. The summed E-state index contributed by atoms with van der Waals surface area (Å²) in [6.07, 6.45) is -8.40. The first-order valence-electron chi connectivity index (χ1n) is 6.77. The second kappa shape index (κ2) is 7.26. The highest BCUT2D eigenvalue weighted by atomic mass is 19.4. The highest BCUT2D eigenvalue weighted by molar-refractivity contribution is 5.28. The van der Waals surface area contributed by atoms with Gasteiger partial charge in [0.25, 0.3) is 0 Å². The summed E-state index contributed by atoms with van der Waals surface area (Å²) < 4.78 is 73.2. The van der Waals surface area contributed by atoms with Crippen LogP contribution in [0.25, 0.3) is 0 Å². The van der Waals surface area contributed by atoms with Gasteiger partial charge in [-0.15, -0.1) is 0 Å². The quantitative estimate of drug-likeness (QED) is 0.657. The Kier molecular flexibility index (Phi) is 6.17. The Morgan fingerprint density at radius 3 is 1.95 bits per heavy atom. The first kappa shape index (κ1) is 18.7. The summed E-state index contributed by atoms with van der Waals surface area (Å²) >= 11 is 0. The molecule has 1 aromatic rings. The summed E-state index contributed by atoms with van der Waals surface area (Å²) in [5.74, 6) is -3.97. The molecule has 0 radical (unpaired) electrons. The van der Waals surface area contributed by atoms with Crippen LogP contribution in [-0.2, 0) is 4.74 Å². The highest BCUT2D eigenvalue weighted by Gasteiger charge is 2.58. The van der Waals surface area contributed by atoms with E-state index in [-0.39, 0.29) is 5.56 Å². The van der Waals surface area contributed by atoms with Crippen molar-refractivity contribution in [3.8, 4) is 5.75 Å². The summed E-state index contributed by atoms with van der Waals surface area (Å²) in [4.78, 5) is 0. The van der Waals surface area contributed by atoms with Gasteiger partial charge in [-0.25, -0.2) is 0 Å². The van der Waals surface area contributed by atoms with Crippen LogP contribution in [0.15, 0.2) is 24.3 Å². The van der Waals surface area contributed by atoms with Gasteiger partial charge in [0, 0.05) is 7.11 Å². The molecule has 2 nitrogen and oxygen atoms in total. The van der Waals surface area contributed by atoms with Crippen molar-refractivity contribution in [2.45, 2.75) is 38.5 Å². The Morgan fingerprint density at radius 1 is 1.00 bits per heavy atom. The van der Waals surface area contributed by atoms with Crippen LogP contribution in [-0.4, -0.2) is 25.8 Å². The summed E-state index contributed by atoms with van der Waals surface area (Å²) in [6.45, 7) is 4.42. The number of hydrogen-bond donors (Lipinski definition) is 0. The zero-order valence-electron chi connectivity index (χ0n) is 12.6. The fourth-order valence-electron chi connectivity index (χ4n) is 1.73. The van der Waals surface area contributed by atoms with Crippen LogP contribution in [0.3, 0.4) is 0 Å². The van der Waals surface area contributed by atoms with Gasteiger partial charge in [0.05, 0.1) is 19.1 Å². The van der Waals surface area contributed by atoms with Gasteiger partial charge in [-0.3, -0.25) is 0 Å². The summed E-state index contributed by atoms with van der Waals surface area (Å²) in [7, 11) is 1.10. The van der Waals surface area contributed by atoms with Gasteiger partial charge in [0.15, 0.2) is 0 Å². The van der Waals surface area contributed by atoms with E-state index in [9.17, 15) is 22.0 Å². The van der Waals surface area contributed by atoms with Crippen LogP contribution in [0.5, 0.6) is 5.75 Å². The predicted octanol–water partition coefficient (Wildman–Crippen LogP) is 5.00. The molecule has 0 aliphatic carbocycles. The molecule has 1 atom stereocenters. The molecule has 0 aromatic heterocycles. The lowest BCUT2D eigenvalue weighted by atomic mass is 10.0. The van der Waals surface area contributed by atoms with Crippen LogP contribution >= 0.6 is 0 Å². The van der Waals surface area contributed by atoms with Crippen LogP contribution in [0.1, 0.15) is 31.9 Å². The van der Waals surface area contributed by atoms with Crippen molar-refractivity contribution in [1.29, 1.82) is 0 Å². The molecule has 126 valence electrons. The molecule has 0 amide bonds. The third-order valence-corrected chi connectivity index (χ3v) is 2.98. The zero-order chi connectivity index (χ0) is 17.0. The number of benzene rings is 1. The van der Waals surface area contributed by atoms with Crippen LogP contribution in [0, 0.1) is 5.92 Å². The third-order valence-electron chi connectivity index (χ3n) is 2.98. The van der Waals surface area contributed by atoms with Crippen molar-refractivity contribution >= 4 is 0 Å². The van der Waals surface area contributed by atoms with E-state index in [0.29, 0.717) is 18.3 Å². The smallest absolute Gasteiger partial charge is 0.453 e. The molecule has 0 saturated carbocycles. The third kappa shape index (κ3) is 5.12. The standard InChI is InChI=1S/C15H19F5O2/c1-10(2)9-22-12-6-4-11(5-7-12)13(21-3)8-14(16,17)15(18,19)20/h4-7,10,13H,8-9H2,1-3H3. The van der Waals surface area contributed by atoms with E-state index in [4.69, 9.17) is 9.47 Å². The highest BCUT2D eigenvalue weighted by Crippen LogP contribution is 2.42. The van der Waals surface area contributed by atoms with Crippen molar-refractivity contribution in [1.82, 2.24) is 0 Å². The van der Waals surface area contributed by atoms with Gasteiger partial charge in [-0.1, -0.05) is 26.0 Å². The van der Waals surface area contributed by atoms with E-state index in [1.165, 1.54) is 24.3 Å². The molecule has 0 spiro atoms. The van der Waals surface area contributed by atoms with Gasteiger partial charge < -0.3 is 9.47 Å². The minimum absolute atomic E-state index is 0.239. The molecule has 0 aliphatic rings. The summed E-state index contributed by atoms with van der Waals surface area (Å²) in [5.41, 5.74) is 0.239. The van der Waals surface area contributed by atoms with Crippen molar-refractivity contribution in [3.05, 3.63) is 29.8 Å². The Labute approximate surface area is 126 Å². The molecule has 1 unspecified atom stereocenters. The molecular formula is C15H19F5O2. The lowest BCUT2D eigenvalue weighted by molar-refractivity contribution is -0.291. The normalized spacial score (nSPS) is 14.2. The van der Waals surface area contributed by atoms with Crippen molar-refractivity contribution < 1.29 is 31.4 Å². The zero-order valence-corrected chi connectivity index (χ0v) is 12.6. The van der Waals surface area contributed by atoms with Gasteiger partial charge in [-0.05, 0) is 23.6 Å². The van der Waals surface area contributed by atoms with E-state index in [1.807, 2.05) is 13.8 Å². The molecule has 0 N–H and O–H groups in total. The second-order valence-electron chi connectivity index (χ2n) is 5.40. The Balaban J connectivity index is 2.79. The lowest BCUT2D eigenvalue weighted by Gasteiger charge is -2.24. The van der Waals surface area contributed by atoms with Crippen LogP contribution in [0.2, 0.25) is 0 Å². The van der Waals surface area contributed by atoms with Gasteiger partial charge in [-0.2, -0.15) is 22.0 Å². The van der Waals surface area contributed by atoms with E-state index in [2.05, 4.69) is 0 Å². The Morgan fingerprint density at radius 2 is 1.55 bits per heavy atom. The Hall–Kier alpha value is -1.37. The number of methoxy groups -OCH3 is 1. The largest absolute Gasteiger partial charge is 0.493 e. The number of rotatable bonds is 7. The lowest BCUT2D eigenvalue weighted by Crippen LogP contribution is -2.38. The van der Waals surface area contributed by atoms with Gasteiger partial charge in [0.1, 0.15) is 5.75 Å². The first-order valence-corrected chi connectivity index (χ1v) is 6.77. The molecule has 0 fully saturated rings. The number of alkyl halides is 5. The molecule has 0 bridgehead atoms. The minimum atomic E-state index is -5.59. The molecule has 0 aliphatic heterocycles. The SMILES string of the molecule is COC(CC(F)(F)C(F)(F)F)c1ccc(OCC(C)C)cc1. The summed E-state index contributed by atoms with van der Waals surface area (Å²) in [5, 5.41) is 0. The van der Waals surface area contributed by atoms with Gasteiger partial charge >= 0.3 is 12.1 Å². The monoisotopic (exact) mass is 326 g/mol. The minimum Gasteiger partial charge on any atom is -0.493 e. The molecular weight excluding hydrogens is 307 g/mol. The van der Waals surface area contributed by atoms with Crippen LogP contribution in [0.4, 0.5) is 22.0 Å². The van der Waals surface area contributed by atoms with Crippen molar-refractivity contribution in [2.24, 2.45) is 5.92 Å². The molecule has 0 heterocycles. The van der Waals surface area contributed by atoms with Gasteiger partial charge in [0.2, 0.25) is 0 Å². The maximum atomic E-state index is 13.1. The maximum Gasteiger partial charge on any atom is 0.453 e. The van der Waals surface area contributed by atoms with E-state index >= 15 is 0 Å². The topological polar surface area (TPSA) is 18.5 Å². The fraction of sp³-hybridized carbons (Fsp3) is 0.600. The molecule has 22 heavy (non-hydrogen) atoms. The first-order chi connectivity index (χ1) is 10.1. The summed E-state index contributed by atoms with van der Waals surface area (Å²) in [6, 6.07) is 5.90. The van der Waals surface area contributed by atoms with E-state index in [1.54, 1.807) is 0 Å². The predicted molar refractivity (Wildman–Crippen MR) is 72.1 cm³/mol. The van der Waals surface area contributed by atoms with Crippen LogP contribution < -0.4 is 4.74 Å². The average Bonchev–Trinajstić information content (AvgIpc) is 2.42. The maximum absolute atomic E-state index is 13.1. The average molecular weight is 326 g/mol.